The van der Waals surface area contributed by atoms with Crippen LogP contribution in [-0.2, 0) is 4.79 Å². The zero-order chi connectivity index (χ0) is 15.1. The van der Waals surface area contributed by atoms with Gasteiger partial charge in [-0.1, -0.05) is 75.5 Å². The molecule has 0 saturated carbocycles. The Labute approximate surface area is 134 Å². The van der Waals surface area contributed by atoms with Crippen LogP contribution in [0.5, 0.6) is 5.75 Å². The van der Waals surface area contributed by atoms with Gasteiger partial charge in [0, 0.05) is 0 Å². The number of alkyl halides is 1. The molecule has 0 amide bonds. The highest BCUT2D eigenvalue weighted by atomic mass is 79.9. The van der Waals surface area contributed by atoms with Crippen molar-refractivity contribution in [2.75, 3.05) is 0 Å². The average Bonchev–Trinajstić information content (AvgIpc) is 2.45. The van der Waals surface area contributed by atoms with Crippen molar-refractivity contribution in [3.05, 3.63) is 64.1 Å². The van der Waals surface area contributed by atoms with E-state index in [1.54, 1.807) is 24.3 Å². The number of halogens is 3. The normalized spacial score (nSPS) is 11.2. The van der Waals surface area contributed by atoms with Crippen molar-refractivity contribution < 1.29 is 15.0 Å². The number of carbonyl (C=O) groups is 1. The first-order chi connectivity index (χ1) is 9.43. The van der Waals surface area contributed by atoms with Gasteiger partial charge >= 0.3 is 5.97 Å². The average molecular weight is 378 g/mol. The zero-order valence-corrected chi connectivity index (χ0v) is 13.2. The van der Waals surface area contributed by atoms with Crippen LogP contribution in [0.3, 0.4) is 0 Å². The van der Waals surface area contributed by atoms with E-state index in [1.807, 2.05) is 18.2 Å². The van der Waals surface area contributed by atoms with Gasteiger partial charge in [0.05, 0.1) is 5.02 Å². The third kappa shape index (κ3) is 5.04. The van der Waals surface area contributed by atoms with Crippen molar-refractivity contribution in [3.63, 3.8) is 0 Å². The highest BCUT2D eigenvalue weighted by molar-refractivity contribution is 9.09. The summed E-state index contributed by atoms with van der Waals surface area (Å²) < 4.78 is 0. The minimum Gasteiger partial charge on any atom is -0.506 e. The molecule has 0 heterocycles. The van der Waals surface area contributed by atoms with Crippen molar-refractivity contribution in [1.82, 2.24) is 0 Å². The second-order valence-corrected chi connectivity index (χ2v) is 5.39. The summed E-state index contributed by atoms with van der Waals surface area (Å²) in [6.07, 6.45) is 0. The van der Waals surface area contributed by atoms with Crippen molar-refractivity contribution in [1.29, 1.82) is 0 Å². The molecule has 2 rings (SSSR count). The van der Waals surface area contributed by atoms with Crippen LogP contribution >= 0.6 is 39.1 Å². The molecule has 0 aliphatic heterocycles. The number of aromatic hydroxyl groups is 1. The monoisotopic (exact) mass is 376 g/mol. The lowest BCUT2D eigenvalue weighted by Crippen LogP contribution is -2.03. The molecule has 0 aliphatic carbocycles. The number of benzene rings is 2. The second-order valence-electron chi connectivity index (χ2n) is 3.68. The Hall–Kier alpha value is -1.23. The van der Waals surface area contributed by atoms with Crippen LogP contribution in [-0.4, -0.2) is 16.2 Å². The first-order valence-corrected chi connectivity index (χ1v) is 7.15. The van der Waals surface area contributed by atoms with E-state index in [-0.39, 0.29) is 10.8 Å². The summed E-state index contributed by atoms with van der Waals surface area (Å²) in [4.78, 5) is 9.86. The number of hydrogen-bond acceptors (Lipinski definition) is 2. The molecule has 0 radical (unpaired) electrons. The van der Waals surface area contributed by atoms with Gasteiger partial charge in [-0.2, -0.15) is 0 Å². The van der Waals surface area contributed by atoms with Crippen LogP contribution < -0.4 is 0 Å². The van der Waals surface area contributed by atoms with Gasteiger partial charge in [-0.25, -0.2) is 0 Å². The standard InChI is InChI=1S/C8H7BrO2.C6H4Cl2O/c9-7(8(10)11)6-4-2-1-3-5-6;7-4-2-1-3-5(9)6(4)8/h1-5,7H,(H,10,11);1-3,9H. The molecular weight excluding hydrogens is 367 g/mol. The maximum absolute atomic E-state index is 10.5. The van der Waals surface area contributed by atoms with Gasteiger partial charge in [-0.3, -0.25) is 4.79 Å². The molecular formula is C14H11BrCl2O3. The fourth-order valence-electron chi connectivity index (χ4n) is 1.26. The van der Waals surface area contributed by atoms with Gasteiger partial charge in [0.2, 0.25) is 0 Å². The van der Waals surface area contributed by atoms with E-state index in [0.717, 1.165) is 5.56 Å². The van der Waals surface area contributed by atoms with Gasteiger partial charge in [0.1, 0.15) is 15.6 Å². The van der Waals surface area contributed by atoms with E-state index in [0.29, 0.717) is 5.02 Å². The highest BCUT2D eigenvalue weighted by Crippen LogP contribution is 2.29. The van der Waals surface area contributed by atoms with Crippen LogP contribution in [0.2, 0.25) is 10.0 Å². The number of phenols is 1. The lowest BCUT2D eigenvalue weighted by Gasteiger charge is -2.02. The Morgan fingerprint density at radius 1 is 1.05 bits per heavy atom. The smallest absolute Gasteiger partial charge is 0.321 e. The van der Waals surface area contributed by atoms with Crippen molar-refractivity contribution in [3.8, 4) is 5.75 Å². The van der Waals surface area contributed by atoms with Crippen LogP contribution in [0.15, 0.2) is 48.5 Å². The van der Waals surface area contributed by atoms with E-state index in [2.05, 4.69) is 15.9 Å². The lowest BCUT2D eigenvalue weighted by atomic mass is 10.2. The Morgan fingerprint density at radius 3 is 2.10 bits per heavy atom. The van der Waals surface area contributed by atoms with E-state index in [1.165, 1.54) is 6.07 Å². The number of hydrogen-bond donors (Lipinski definition) is 2. The molecule has 20 heavy (non-hydrogen) atoms. The maximum Gasteiger partial charge on any atom is 0.321 e. The lowest BCUT2D eigenvalue weighted by molar-refractivity contribution is -0.136. The fraction of sp³-hybridized carbons (Fsp3) is 0.0714. The van der Waals surface area contributed by atoms with Crippen molar-refractivity contribution in [2.45, 2.75) is 4.83 Å². The third-order valence-electron chi connectivity index (χ3n) is 2.24. The fourth-order valence-corrected chi connectivity index (χ4v) is 1.86. The highest BCUT2D eigenvalue weighted by Gasteiger charge is 2.13. The summed E-state index contributed by atoms with van der Waals surface area (Å²) in [5.41, 5.74) is 0.764. The maximum atomic E-state index is 10.5. The topological polar surface area (TPSA) is 57.5 Å². The minimum atomic E-state index is -0.865. The SMILES string of the molecule is O=C(O)C(Br)c1ccccc1.Oc1cccc(Cl)c1Cl. The predicted molar refractivity (Wildman–Crippen MR) is 83.9 cm³/mol. The summed E-state index contributed by atoms with van der Waals surface area (Å²) in [6, 6.07) is 13.7. The number of aliphatic carboxylic acids is 1. The Kier molecular flexibility index (Phi) is 6.85. The van der Waals surface area contributed by atoms with Crippen LogP contribution in [0.1, 0.15) is 10.4 Å². The first-order valence-electron chi connectivity index (χ1n) is 5.48. The zero-order valence-electron chi connectivity index (χ0n) is 10.1. The van der Waals surface area contributed by atoms with Crippen molar-refractivity contribution in [2.24, 2.45) is 0 Å². The molecule has 0 bridgehead atoms. The molecule has 1 atom stereocenters. The molecule has 0 saturated heterocycles. The molecule has 0 spiro atoms. The van der Waals surface area contributed by atoms with Crippen molar-refractivity contribution >= 4 is 45.1 Å². The molecule has 2 aromatic rings. The molecule has 106 valence electrons. The molecule has 3 nitrogen and oxygen atoms in total. The Bertz CT molecular complexity index is 556. The van der Waals surface area contributed by atoms with Gasteiger partial charge in [0.15, 0.2) is 0 Å². The number of phenolic OH excluding ortho intramolecular Hbond substituents is 1. The predicted octanol–water partition coefficient (Wildman–Crippen LogP) is 4.91. The second kappa shape index (κ2) is 8.15. The quantitative estimate of drug-likeness (QED) is 0.731. The van der Waals surface area contributed by atoms with E-state index in [4.69, 9.17) is 33.4 Å². The largest absolute Gasteiger partial charge is 0.506 e. The minimum absolute atomic E-state index is 0.0177. The molecule has 0 fully saturated rings. The summed E-state index contributed by atoms with van der Waals surface area (Å²) in [5, 5.41) is 18.1. The molecule has 6 heteroatoms. The van der Waals surface area contributed by atoms with E-state index in [9.17, 15) is 4.79 Å². The van der Waals surface area contributed by atoms with Gasteiger partial charge in [-0.05, 0) is 17.7 Å². The number of carboxylic acid groups (broad SMARTS) is 1. The summed E-state index contributed by atoms with van der Waals surface area (Å²) in [7, 11) is 0. The van der Waals surface area contributed by atoms with Crippen LogP contribution in [0.4, 0.5) is 0 Å². The van der Waals surface area contributed by atoms with Gasteiger partial charge in [0.25, 0.3) is 0 Å². The van der Waals surface area contributed by atoms with Crippen LogP contribution in [0, 0.1) is 0 Å². The Morgan fingerprint density at radius 2 is 1.65 bits per heavy atom. The first kappa shape index (κ1) is 16.8. The van der Waals surface area contributed by atoms with E-state index >= 15 is 0 Å². The molecule has 0 aliphatic rings. The molecule has 2 N–H and O–H groups in total. The van der Waals surface area contributed by atoms with Gasteiger partial charge in [-0.15, -0.1) is 0 Å². The number of rotatable bonds is 2. The number of carboxylic acids is 1. The summed E-state index contributed by atoms with van der Waals surface area (Å²) in [5.74, 6) is -0.847. The third-order valence-corrected chi connectivity index (χ3v) is 3.97. The van der Waals surface area contributed by atoms with E-state index < -0.39 is 10.8 Å². The summed E-state index contributed by atoms with van der Waals surface area (Å²) in [6.45, 7) is 0. The molecule has 0 aromatic heterocycles. The molecule has 2 aromatic carbocycles. The van der Waals surface area contributed by atoms with Crippen LogP contribution in [0.25, 0.3) is 0 Å². The molecule has 1 unspecified atom stereocenters. The van der Waals surface area contributed by atoms with Gasteiger partial charge < -0.3 is 10.2 Å². The Balaban J connectivity index is 0.000000204. The summed E-state index contributed by atoms with van der Waals surface area (Å²) >= 11 is 14.1.